The minimum Gasteiger partial charge on any atom is -0.147 e. The first kappa shape index (κ1) is 34.3. The Balaban J connectivity index is -0.0000000711. The lowest BCUT2D eigenvalue weighted by atomic mass is 10.1. The van der Waals surface area contributed by atoms with Crippen LogP contribution in [0.4, 0.5) is 0 Å². The monoisotopic (exact) mass is 388 g/mol. The Hall–Kier alpha value is 1.93. The molecule has 0 N–H and O–H groups in total. The third-order valence-corrected chi connectivity index (χ3v) is 3.93. The molecule has 0 bridgehead atoms. The van der Waals surface area contributed by atoms with Crippen LogP contribution in [0.25, 0.3) is 0 Å². The van der Waals surface area contributed by atoms with Crippen LogP contribution >= 0.6 is 37.2 Å². The van der Waals surface area contributed by atoms with Crippen molar-refractivity contribution in [2.45, 2.75) is 101 Å². The third-order valence-electron chi connectivity index (χ3n) is 3.12. The van der Waals surface area contributed by atoms with Crippen molar-refractivity contribution in [2.24, 2.45) is 0 Å². The summed E-state index contributed by atoms with van der Waals surface area (Å²) in [5.41, 5.74) is 0. The highest BCUT2D eigenvalue weighted by Crippen LogP contribution is 2.06. The van der Waals surface area contributed by atoms with Crippen LogP contribution in [0, 0.1) is 0 Å². The van der Waals surface area contributed by atoms with Crippen LogP contribution in [-0.4, -0.2) is 32.6 Å². The van der Waals surface area contributed by atoms with Crippen LogP contribution in [0.5, 0.6) is 0 Å². The molecule has 0 aromatic carbocycles. The van der Waals surface area contributed by atoms with E-state index in [1.54, 1.807) is 0 Å². The molecule has 0 aliphatic heterocycles. The Bertz CT molecular complexity index is 102. The van der Waals surface area contributed by atoms with Gasteiger partial charge in [0.1, 0.15) is 32.6 Å². The second-order valence-electron chi connectivity index (χ2n) is 5.11. The quantitative estimate of drug-likeness (QED) is 0.246. The summed E-state index contributed by atoms with van der Waals surface area (Å²) in [6.07, 6.45) is 17.0. The maximum absolute atomic E-state index is 2.78. The summed E-state index contributed by atoms with van der Waals surface area (Å²) in [5.74, 6) is 0. The van der Waals surface area contributed by atoms with E-state index in [1.807, 2.05) is 0 Å². The summed E-state index contributed by atoms with van der Waals surface area (Å²) in [7, 11) is 0. The molecule has 0 heterocycles. The Morgan fingerprint density at radius 3 is 0.905 bits per heavy atom. The summed E-state index contributed by atoms with van der Waals surface area (Å²) in [5, 5.41) is 2.57. The predicted molar refractivity (Wildman–Crippen MR) is 110 cm³/mol. The van der Waals surface area contributed by atoms with E-state index in [9.17, 15) is 0 Å². The molecule has 0 aliphatic carbocycles. The fourth-order valence-corrected chi connectivity index (χ4v) is 2.43. The standard InChI is InChI=1S/2C8H17.2Al.3ClH/c2*1-3-5-7-8-6-4-2;;;;;/h2*1,3-8H2,2H3;;;3*1H. The lowest BCUT2D eigenvalue weighted by Gasteiger charge is -1.96. The van der Waals surface area contributed by atoms with E-state index in [2.05, 4.69) is 46.4 Å². The van der Waals surface area contributed by atoms with E-state index >= 15 is 0 Å². The fourth-order valence-electron chi connectivity index (χ4n) is 1.85. The van der Waals surface area contributed by atoms with Crippen LogP contribution in [0.1, 0.15) is 90.9 Å². The number of halogens is 3. The molecule has 0 fully saturated rings. The maximum Gasteiger partial charge on any atom is 0.118 e. The van der Waals surface area contributed by atoms with E-state index in [4.69, 9.17) is 0 Å². The number of rotatable bonds is 12. The van der Waals surface area contributed by atoms with Gasteiger partial charge in [0.15, 0.2) is 0 Å². The lowest BCUT2D eigenvalue weighted by molar-refractivity contribution is 0.624. The van der Waals surface area contributed by atoms with Crippen molar-refractivity contribution in [3.63, 3.8) is 0 Å². The van der Waals surface area contributed by atoms with E-state index < -0.39 is 0 Å². The molecule has 128 valence electrons. The second kappa shape index (κ2) is 37.9. The zero-order chi connectivity index (χ0) is 13.9. The van der Waals surface area contributed by atoms with Gasteiger partial charge < -0.3 is 0 Å². The third kappa shape index (κ3) is 44.9. The first-order valence-corrected chi connectivity index (χ1v) is 9.86. The van der Waals surface area contributed by atoms with Gasteiger partial charge in [-0.15, -0.1) is 47.8 Å². The summed E-state index contributed by atoms with van der Waals surface area (Å²) in [6, 6.07) is 0. The molecule has 0 saturated carbocycles. The molecule has 0 amide bonds. The molecule has 0 rings (SSSR count). The molecule has 0 unspecified atom stereocenters. The van der Waals surface area contributed by atoms with E-state index in [-0.39, 0.29) is 37.2 Å². The zero-order valence-electron chi connectivity index (χ0n) is 14.3. The summed E-state index contributed by atoms with van der Waals surface area (Å²) in [6.45, 7) is 4.52. The highest BCUT2D eigenvalue weighted by Gasteiger charge is 1.86. The number of hydrogen-bond donors (Lipinski definition) is 0. The van der Waals surface area contributed by atoms with Gasteiger partial charge in [-0.05, 0) is 0 Å². The first-order chi connectivity index (χ1) is 8.83. The van der Waals surface area contributed by atoms with Gasteiger partial charge in [0.25, 0.3) is 0 Å². The Morgan fingerprint density at radius 1 is 0.429 bits per heavy atom. The highest BCUT2D eigenvalue weighted by molar-refractivity contribution is 6.08. The smallest absolute Gasteiger partial charge is 0.118 e. The molecule has 21 heavy (non-hydrogen) atoms. The van der Waals surface area contributed by atoms with Crippen molar-refractivity contribution in [3.05, 3.63) is 0 Å². The molecule has 0 saturated heterocycles. The molecule has 0 aliphatic rings. The molecular formula is C16H37Al2Cl3. The molecule has 0 aromatic rings. The highest BCUT2D eigenvalue weighted by atomic mass is 35.5. The van der Waals surface area contributed by atoms with Crippen molar-refractivity contribution in [1.82, 2.24) is 0 Å². The van der Waals surface area contributed by atoms with Crippen LogP contribution in [0.2, 0.25) is 10.6 Å². The van der Waals surface area contributed by atoms with E-state index in [1.165, 1.54) is 87.6 Å². The van der Waals surface area contributed by atoms with Crippen molar-refractivity contribution in [3.8, 4) is 0 Å². The molecule has 0 nitrogen and oxygen atoms in total. The van der Waals surface area contributed by atoms with Crippen molar-refractivity contribution in [1.29, 1.82) is 0 Å². The second-order valence-corrected chi connectivity index (χ2v) is 6.27. The van der Waals surface area contributed by atoms with Gasteiger partial charge in [-0.25, -0.2) is 0 Å². The Morgan fingerprint density at radius 2 is 0.667 bits per heavy atom. The lowest BCUT2D eigenvalue weighted by Crippen LogP contribution is -1.77. The maximum atomic E-state index is 2.78. The van der Waals surface area contributed by atoms with Gasteiger partial charge in [0, 0.05) is 0 Å². The van der Waals surface area contributed by atoms with E-state index in [0.29, 0.717) is 0 Å². The van der Waals surface area contributed by atoms with Gasteiger partial charge in [-0.1, -0.05) is 90.9 Å². The number of hydrogen-bond acceptors (Lipinski definition) is 0. The van der Waals surface area contributed by atoms with Gasteiger partial charge in [0.2, 0.25) is 0 Å². The van der Waals surface area contributed by atoms with Crippen molar-refractivity contribution in [2.75, 3.05) is 0 Å². The fraction of sp³-hybridized carbons (Fsp3) is 1.00. The Labute approximate surface area is 170 Å². The molecule has 0 aromatic heterocycles. The minimum atomic E-state index is 0. The average Bonchev–Trinajstić information content (AvgIpc) is 2.39. The molecular weight excluding hydrogens is 352 g/mol. The zero-order valence-corrected chi connectivity index (χ0v) is 19.0. The van der Waals surface area contributed by atoms with Crippen LogP contribution in [0.3, 0.4) is 0 Å². The van der Waals surface area contributed by atoms with Crippen molar-refractivity contribution >= 4 is 69.8 Å². The van der Waals surface area contributed by atoms with Gasteiger partial charge in [0.05, 0.1) is 0 Å². The van der Waals surface area contributed by atoms with Crippen LogP contribution < -0.4 is 0 Å². The largest absolute Gasteiger partial charge is 0.147 e. The summed E-state index contributed by atoms with van der Waals surface area (Å²) < 4.78 is 0. The topological polar surface area (TPSA) is 0 Å². The van der Waals surface area contributed by atoms with E-state index in [0.717, 1.165) is 0 Å². The molecule has 0 atom stereocenters. The minimum absolute atomic E-state index is 0. The van der Waals surface area contributed by atoms with Gasteiger partial charge >= 0.3 is 0 Å². The van der Waals surface area contributed by atoms with Crippen LogP contribution in [-0.2, 0) is 0 Å². The van der Waals surface area contributed by atoms with Gasteiger partial charge in [-0.2, -0.15) is 0 Å². The first-order valence-electron chi connectivity index (χ1n) is 8.23. The number of unbranched alkanes of at least 4 members (excludes halogenated alkanes) is 10. The summed E-state index contributed by atoms with van der Waals surface area (Å²) >= 11 is 5.55. The van der Waals surface area contributed by atoms with Gasteiger partial charge in [-0.3, -0.25) is 0 Å². The molecule has 5 heteroatoms. The molecule has 4 radical (unpaired) electrons. The van der Waals surface area contributed by atoms with Crippen LogP contribution in [0.15, 0.2) is 0 Å². The summed E-state index contributed by atoms with van der Waals surface area (Å²) in [4.78, 5) is 0. The van der Waals surface area contributed by atoms with Crippen molar-refractivity contribution < 1.29 is 0 Å². The Kier molecular flexibility index (Phi) is 61.8. The molecule has 0 spiro atoms. The average molecular weight is 390 g/mol. The normalized spacial score (nSPS) is 8.48. The SMILES string of the molecule is CCCCCCC[CH2][Al].CCCCCCC[CH2][Al].Cl.Cl.Cl. The predicted octanol–water partition coefficient (Wildman–Crippen LogP) is 7.13.